The molecule has 7 heteroatoms. The van der Waals surface area contributed by atoms with Crippen LogP contribution in [0.25, 0.3) is 0 Å². The minimum Gasteiger partial charge on any atom is -0.486 e. The molecule has 4 aromatic rings. The van der Waals surface area contributed by atoms with E-state index in [4.69, 9.17) is 9.15 Å². The van der Waals surface area contributed by atoms with Crippen molar-refractivity contribution in [3.05, 3.63) is 95.2 Å². The smallest absolute Gasteiger partial charge is 0.293 e. The van der Waals surface area contributed by atoms with Gasteiger partial charge in [-0.15, -0.1) is 5.10 Å². The van der Waals surface area contributed by atoms with Crippen LogP contribution in [-0.4, -0.2) is 20.7 Å². The van der Waals surface area contributed by atoms with E-state index in [2.05, 4.69) is 22.3 Å². The first kappa shape index (κ1) is 20.4. The van der Waals surface area contributed by atoms with Gasteiger partial charge < -0.3 is 9.15 Å². The zero-order valence-corrected chi connectivity index (χ0v) is 17.5. The van der Waals surface area contributed by atoms with E-state index >= 15 is 0 Å². The van der Waals surface area contributed by atoms with Crippen LogP contribution in [-0.2, 0) is 19.6 Å². The number of carbonyl (C=O) groups is 1. The molecule has 2 heterocycles. The van der Waals surface area contributed by atoms with Gasteiger partial charge in [0.15, 0.2) is 5.76 Å². The standard InChI is InChI=1S/C24H24N4O3/c1-3-18-8-10-20(11-9-18)30-15-21-12-13-22(31-21)23(29)26-24-25-16-28(27-24)14-19-7-5-4-6-17(19)2/h4-13,16H,3,14-15H2,1-2H3,(H,26,27,29). The molecule has 4 rings (SSSR count). The number of hydrogen-bond donors (Lipinski definition) is 1. The third-order valence-electron chi connectivity index (χ3n) is 4.95. The second-order valence-electron chi connectivity index (χ2n) is 7.20. The maximum absolute atomic E-state index is 12.5. The van der Waals surface area contributed by atoms with Crippen molar-refractivity contribution in [2.75, 3.05) is 5.32 Å². The minimum atomic E-state index is -0.410. The second kappa shape index (κ2) is 9.30. The van der Waals surface area contributed by atoms with Crippen molar-refractivity contribution in [2.45, 2.75) is 33.4 Å². The number of ether oxygens (including phenoxy) is 1. The molecule has 7 nitrogen and oxygen atoms in total. The molecule has 0 unspecified atom stereocenters. The molecule has 1 amide bonds. The van der Waals surface area contributed by atoms with Crippen molar-refractivity contribution < 1.29 is 13.9 Å². The van der Waals surface area contributed by atoms with E-state index in [1.54, 1.807) is 23.1 Å². The molecule has 0 fully saturated rings. The van der Waals surface area contributed by atoms with Crippen LogP contribution in [0.2, 0.25) is 0 Å². The highest BCUT2D eigenvalue weighted by Gasteiger charge is 2.14. The Bertz CT molecular complexity index is 1160. The highest BCUT2D eigenvalue weighted by atomic mass is 16.5. The van der Waals surface area contributed by atoms with Crippen molar-refractivity contribution in [3.8, 4) is 5.75 Å². The van der Waals surface area contributed by atoms with Crippen LogP contribution in [0.5, 0.6) is 5.75 Å². The molecule has 0 radical (unpaired) electrons. The highest BCUT2D eigenvalue weighted by Crippen LogP contribution is 2.16. The molecule has 0 bridgehead atoms. The lowest BCUT2D eigenvalue weighted by molar-refractivity contribution is 0.0991. The van der Waals surface area contributed by atoms with Crippen LogP contribution in [0.15, 0.2) is 71.4 Å². The average Bonchev–Trinajstić information content (AvgIpc) is 3.44. The molecule has 1 N–H and O–H groups in total. The van der Waals surface area contributed by atoms with Crippen molar-refractivity contribution in [1.82, 2.24) is 14.8 Å². The monoisotopic (exact) mass is 416 g/mol. The number of amides is 1. The lowest BCUT2D eigenvalue weighted by atomic mass is 10.1. The molecule has 0 saturated carbocycles. The molecule has 0 atom stereocenters. The van der Waals surface area contributed by atoms with E-state index in [9.17, 15) is 4.79 Å². The lowest BCUT2D eigenvalue weighted by Crippen LogP contribution is -2.12. The Morgan fingerprint density at radius 1 is 1.10 bits per heavy atom. The predicted octanol–water partition coefficient (Wildman–Crippen LogP) is 4.62. The molecule has 0 aliphatic rings. The number of aromatic nitrogens is 3. The van der Waals surface area contributed by atoms with Crippen LogP contribution >= 0.6 is 0 Å². The van der Waals surface area contributed by atoms with Gasteiger partial charge in [-0.05, 0) is 54.3 Å². The number of nitrogens with one attached hydrogen (secondary N) is 1. The van der Waals surface area contributed by atoms with E-state index in [-0.39, 0.29) is 18.3 Å². The van der Waals surface area contributed by atoms with Crippen LogP contribution in [0.3, 0.4) is 0 Å². The summed E-state index contributed by atoms with van der Waals surface area (Å²) in [5.41, 5.74) is 3.57. The summed E-state index contributed by atoms with van der Waals surface area (Å²) in [6, 6.07) is 19.3. The summed E-state index contributed by atoms with van der Waals surface area (Å²) in [5, 5.41) is 6.98. The van der Waals surface area contributed by atoms with Gasteiger partial charge in [0.25, 0.3) is 5.91 Å². The summed E-state index contributed by atoms with van der Waals surface area (Å²) < 4.78 is 13.0. The predicted molar refractivity (Wildman–Crippen MR) is 117 cm³/mol. The fourth-order valence-corrected chi connectivity index (χ4v) is 3.11. The summed E-state index contributed by atoms with van der Waals surface area (Å²) >= 11 is 0. The van der Waals surface area contributed by atoms with E-state index in [1.807, 2.05) is 55.5 Å². The molecule has 0 saturated heterocycles. The van der Waals surface area contributed by atoms with E-state index in [1.165, 1.54) is 11.1 Å². The minimum absolute atomic E-state index is 0.176. The molecule has 158 valence electrons. The number of benzene rings is 2. The summed E-state index contributed by atoms with van der Waals surface area (Å²) in [6.07, 6.45) is 2.57. The van der Waals surface area contributed by atoms with Gasteiger partial charge in [-0.3, -0.25) is 10.1 Å². The van der Waals surface area contributed by atoms with E-state index < -0.39 is 5.91 Å². The van der Waals surface area contributed by atoms with Gasteiger partial charge in [0.1, 0.15) is 24.4 Å². The summed E-state index contributed by atoms with van der Waals surface area (Å²) in [6.45, 7) is 4.97. The van der Waals surface area contributed by atoms with Crippen molar-refractivity contribution >= 4 is 11.9 Å². The fraction of sp³-hybridized carbons (Fsp3) is 0.208. The van der Waals surface area contributed by atoms with Gasteiger partial charge in [-0.25, -0.2) is 9.67 Å². The third-order valence-corrected chi connectivity index (χ3v) is 4.95. The van der Waals surface area contributed by atoms with Gasteiger partial charge in [-0.1, -0.05) is 43.3 Å². The maximum atomic E-state index is 12.5. The van der Waals surface area contributed by atoms with Crippen molar-refractivity contribution in [1.29, 1.82) is 0 Å². The Kier molecular flexibility index (Phi) is 6.12. The molecule has 2 aromatic heterocycles. The summed E-state index contributed by atoms with van der Waals surface area (Å²) in [7, 11) is 0. The SMILES string of the molecule is CCc1ccc(OCc2ccc(C(=O)Nc3ncn(Cc4ccccc4C)n3)o2)cc1. The third kappa shape index (κ3) is 5.19. The number of carbonyl (C=O) groups excluding carboxylic acids is 1. The van der Waals surface area contributed by atoms with Crippen LogP contribution in [0, 0.1) is 6.92 Å². The zero-order chi connectivity index (χ0) is 21.6. The molecule has 0 aliphatic carbocycles. The Balaban J connectivity index is 1.32. The molecule has 31 heavy (non-hydrogen) atoms. The number of furan rings is 1. The number of aryl methyl sites for hydroxylation is 2. The Hall–Kier alpha value is -3.87. The molecule has 0 aliphatic heterocycles. The van der Waals surface area contributed by atoms with Gasteiger partial charge in [0, 0.05) is 0 Å². The van der Waals surface area contributed by atoms with Gasteiger partial charge in [0.2, 0.25) is 5.95 Å². The normalized spacial score (nSPS) is 10.8. The Morgan fingerprint density at radius 3 is 2.68 bits per heavy atom. The topological polar surface area (TPSA) is 82.2 Å². The number of hydrogen-bond acceptors (Lipinski definition) is 5. The van der Waals surface area contributed by atoms with Gasteiger partial charge in [0.05, 0.1) is 6.54 Å². The van der Waals surface area contributed by atoms with Crippen LogP contribution < -0.4 is 10.1 Å². The average molecular weight is 416 g/mol. The molecular weight excluding hydrogens is 392 g/mol. The molecule has 2 aromatic carbocycles. The van der Waals surface area contributed by atoms with Gasteiger partial charge in [-0.2, -0.15) is 0 Å². The number of rotatable bonds is 8. The first-order valence-electron chi connectivity index (χ1n) is 10.2. The largest absolute Gasteiger partial charge is 0.486 e. The Morgan fingerprint density at radius 2 is 1.90 bits per heavy atom. The zero-order valence-electron chi connectivity index (χ0n) is 17.5. The molecular formula is C24H24N4O3. The van der Waals surface area contributed by atoms with Crippen LogP contribution in [0.1, 0.15) is 39.9 Å². The first-order chi connectivity index (χ1) is 15.1. The Labute approximate surface area is 180 Å². The quantitative estimate of drug-likeness (QED) is 0.453. The van der Waals surface area contributed by atoms with E-state index in [0.717, 1.165) is 17.7 Å². The maximum Gasteiger partial charge on any atom is 0.293 e. The second-order valence-corrected chi connectivity index (χ2v) is 7.20. The lowest BCUT2D eigenvalue weighted by Gasteiger charge is -2.05. The summed E-state index contributed by atoms with van der Waals surface area (Å²) in [4.78, 5) is 16.6. The number of nitrogens with zero attached hydrogens (tertiary/aromatic N) is 3. The first-order valence-corrected chi connectivity index (χ1v) is 10.2. The van der Waals surface area contributed by atoms with Crippen molar-refractivity contribution in [2.24, 2.45) is 0 Å². The molecule has 0 spiro atoms. The highest BCUT2D eigenvalue weighted by molar-refractivity contribution is 6.01. The number of anilines is 1. The van der Waals surface area contributed by atoms with Crippen LogP contribution in [0.4, 0.5) is 5.95 Å². The summed E-state index contributed by atoms with van der Waals surface area (Å²) in [5.74, 6) is 1.30. The fourth-order valence-electron chi connectivity index (χ4n) is 3.11. The van der Waals surface area contributed by atoms with Gasteiger partial charge >= 0.3 is 0 Å². The van der Waals surface area contributed by atoms with Crippen molar-refractivity contribution in [3.63, 3.8) is 0 Å². The van der Waals surface area contributed by atoms with E-state index in [0.29, 0.717) is 12.3 Å².